The number of ether oxygens (including phenoxy) is 1. The van der Waals surface area contributed by atoms with Crippen molar-refractivity contribution in [1.29, 1.82) is 0 Å². The number of likely N-dealkylation sites (tertiary alicyclic amines) is 1. The molecule has 1 aliphatic heterocycles. The first-order valence-electron chi connectivity index (χ1n) is 8.47. The van der Waals surface area contributed by atoms with Gasteiger partial charge in [-0.25, -0.2) is 0 Å². The van der Waals surface area contributed by atoms with Crippen molar-refractivity contribution in [3.63, 3.8) is 0 Å². The summed E-state index contributed by atoms with van der Waals surface area (Å²) in [7, 11) is 0. The molecule has 3 nitrogen and oxygen atoms in total. The van der Waals surface area contributed by atoms with Crippen molar-refractivity contribution >= 4 is 26.8 Å². The van der Waals surface area contributed by atoms with E-state index in [1.807, 2.05) is 18.2 Å². The lowest BCUT2D eigenvalue weighted by molar-refractivity contribution is 0.306. The molecule has 2 aromatic carbocycles. The van der Waals surface area contributed by atoms with Crippen LogP contribution in [0.5, 0.6) is 5.75 Å². The number of aromatic nitrogens is 1. The molecule has 0 amide bonds. The first-order valence-corrected chi connectivity index (χ1v) is 9.27. The molecule has 1 saturated heterocycles. The molecule has 0 saturated carbocycles. The number of hydrogen-bond donors (Lipinski definition) is 1. The Balaban J connectivity index is 1.45. The van der Waals surface area contributed by atoms with Crippen molar-refractivity contribution in [2.75, 3.05) is 13.1 Å². The van der Waals surface area contributed by atoms with Crippen LogP contribution in [-0.4, -0.2) is 23.0 Å². The Kier molecular flexibility index (Phi) is 4.58. The highest BCUT2D eigenvalue weighted by molar-refractivity contribution is 9.10. The quantitative estimate of drug-likeness (QED) is 0.662. The third-order valence-corrected chi connectivity index (χ3v) is 5.09. The molecule has 3 aromatic rings. The van der Waals surface area contributed by atoms with E-state index in [0.29, 0.717) is 6.61 Å². The molecule has 1 aliphatic rings. The van der Waals surface area contributed by atoms with Crippen LogP contribution in [0.4, 0.5) is 0 Å². The number of nitrogens with zero attached hydrogens (tertiary/aromatic N) is 1. The number of benzene rings is 2. The van der Waals surface area contributed by atoms with Gasteiger partial charge in [-0.3, -0.25) is 4.90 Å². The highest BCUT2D eigenvalue weighted by atomic mass is 79.9. The number of H-pyrrole nitrogens is 1. The Hall–Kier alpha value is -1.78. The summed E-state index contributed by atoms with van der Waals surface area (Å²) in [5.74, 6) is 0.914. The van der Waals surface area contributed by atoms with Gasteiger partial charge >= 0.3 is 0 Å². The van der Waals surface area contributed by atoms with Crippen LogP contribution in [0, 0.1) is 0 Å². The fourth-order valence-corrected chi connectivity index (χ4v) is 3.54. The molecule has 124 valence electrons. The molecule has 4 heteroatoms. The SMILES string of the molecule is Brc1ccc(COc2ccc3[nH]c(CN4CCCC4)cc3c2)cc1. The average Bonchev–Trinajstić information content (AvgIpc) is 3.23. The largest absolute Gasteiger partial charge is 0.489 e. The molecule has 0 bridgehead atoms. The van der Waals surface area contributed by atoms with Crippen molar-refractivity contribution in [1.82, 2.24) is 9.88 Å². The fraction of sp³-hybridized carbons (Fsp3) is 0.300. The second-order valence-electron chi connectivity index (χ2n) is 6.44. The maximum Gasteiger partial charge on any atom is 0.120 e. The zero-order valence-electron chi connectivity index (χ0n) is 13.6. The van der Waals surface area contributed by atoms with Crippen LogP contribution < -0.4 is 4.74 Å². The smallest absolute Gasteiger partial charge is 0.120 e. The molecule has 0 atom stereocenters. The summed E-state index contributed by atoms with van der Waals surface area (Å²) in [6.45, 7) is 4.04. The summed E-state index contributed by atoms with van der Waals surface area (Å²) in [5, 5.41) is 1.22. The van der Waals surface area contributed by atoms with Crippen LogP contribution in [0.1, 0.15) is 24.1 Å². The van der Waals surface area contributed by atoms with Gasteiger partial charge in [0, 0.05) is 27.6 Å². The van der Waals surface area contributed by atoms with Crippen molar-refractivity contribution in [3.8, 4) is 5.75 Å². The predicted octanol–water partition coefficient (Wildman–Crippen LogP) is 5.11. The minimum atomic E-state index is 0.587. The van der Waals surface area contributed by atoms with Gasteiger partial charge in [0.25, 0.3) is 0 Å². The minimum Gasteiger partial charge on any atom is -0.489 e. The maximum atomic E-state index is 5.94. The monoisotopic (exact) mass is 384 g/mol. The average molecular weight is 385 g/mol. The number of aromatic amines is 1. The first-order chi connectivity index (χ1) is 11.8. The van der Waals surface area contributed by atoms with E-state index in [1.165, 1.54) is 48.1 Å². The zero-order chi connectivity index (χ0) is 16.4. The van der Waals surface area contributed by atoms with Crippen LogP contribution in [0.2, 0.25) is 0 Å². The number of rotatable bonds is 5. The van der Waals surface area contributed by atoms with E-state index in [4.69, 9.17) is 4.74 Å². The first kappa shape index (κ1) is 15.7. The molecule has 1 fully saturated rings. The zero-order valence-corrected chi connectivity index (χ0v) is 15.2. The van der Waals surface area contributed by atoms with E-state index in [1.54, 1.807) is 0 Å². The molecule has 0 unspecified atom stereocenters. The molecule has 0 spiro atoms. The predicted molar refractivity (Wildman–Crippen MR) is 101 cm³/mol. The molecule has 1 aromatic heterocycles. The second-order valence-corrected chi connectivity index (χ2v) is 7.36. The molecule has 2 heterocycles. The molecule has 1 N–H and O–H groups in total. The third kappa shape index (κ3) is 3.65. The Bertz CT molecular complexity index is 819. The molecule has 0 aliphatic carbocycles. The van der Waals surface area contributed by atoms with E-state index < -0.39 is 0 Å². The Labute approximate surface area is 150 Å². The Morgan fingerprint density at radius 2 is 1.79 bits per heavy atom. The van der Waals surface area contributed by atoms with Gasteiger partial charge in [0.05, 0.1) is 0 Å². The van der Waals surface area contributed by atoms with Gasteiger partial charge in [0.2, 0.25) is 0 Å². The number of nitrogens with one attached hydrogen (secondary N) is 1. The normalized spacial score (nSPS) is 15.2. The molecule has 0 radical (unpaired) electrons. The van der Waals surface area contributed by atoms with Crippen LogP contribution >= 0.6 is 15.9 Å². The molecule has 4 rings (SSSR count). The number of hydrogen-bond acceptors (Lipinski definition) is 2. The van der Waals surface area contributed by atoms with Crippen molar-refractivity contribution in [2.24, 2.45) is 0 Å². The van der Waals surface area contributed by atoms with Gasteiger partial charge in [0.15, 0.2) is 0 Å². The molecular formula is C20H21BrN2O. The maximum absolute atomic E-state index is 5.94. The van der Waals surface area contributed by atoms with Crippen LogP contribution in [0.25, 0.3) is 10.9 Å². The van der Waals surface area contributed by atoms with Gasteiger partial charge in [-0.05, 0) is 67.9 Å². The van der Waals surface area contributed by atoms with Gasteiger partial charge in [-0.2, -0.15) is 0 Å². The van der Waals surface area contributed by atoms with Gasteiger partial charge in [-0.15, -0.1) is 0 Å². The van der Waals surface area contributed by atoms with E-state index in [0.717, 1.165) is 16.8 Å². The summed E-state index contributed by atoms with van der Waals surface area (Å²) in [5.41, 5.74) is 3.64. The van der Waals surface area contributed by atoms with E-state index in [-0.39, 0.29) is 0 Å². The lowest BCUT2D eigenvalue weighted by Gasteiger charge is -2.12. The van der Waals surface area contributed by atoms with E-state index in [2.05, 4.69) is 56.1 Å². The topological polar surface area (TPSA) is 28.3 Å². The fourth-order valence-electron chi connectivity index (χ4n) is 3.27. The second kappa shape index (κ2) is 6.99. The Morgan fingerprint density at radius 1 is 1.00 bits per heavy atom. The number of halogens is 1. The summed E-state index contributed by atoms with van der Waals surface area (Å²) < 4.78 is 7.03. The van der Waals surface area contributed by atoms with Gasteiger partial charge in [-0.1, -0.05) is 28.1 Å². The third-order valence-electron chi connectivity index (χ3n) is 4.56. The van der Waals surface area contributed by atoms with E-state index in [9.17, 15) is 0 Å². The van der Waals surface area contributed by atoms with Gasteiger partial charge in [0.1, 0.15) is 12.4 Å². The molecule has 24 heavy (non-hydrogen) atoms. The van der Waals surface area contributed by atoms with Crippen LogP contribution in [0.3, 0.4) is 0 Å². The molecular weight excluding hydrogens is 364 g/mol. The number of fused-ring (bicyclic) bond motifs is 1. The van der Waals surface area contributed by atoms with Gasteiger partial charge < -0.3 is 9.72 Å². The highest BCUT2D eigenvalue weighted by Gasteiger charge is 2.13. The minimum absolute atomic E-state index is 0.587. The van der Waals surface area contributed by atoms with Crippen molar-refractivity contribution in [2.45, 2.75) is 26.0 Å². The summed E-state index contributed by atoms with van der Waals surface area (Å²) in [4.78, 5) is 6.04. The van der Waals surface area contributed by atoms with E-state index >= 15 is 0 Å². The van der Waals surface area contributed by atoms with Crippen LogP contribution in [0.15, 0.2) is 53.0 Å². The van der Waals surface area contributed by atoms with Crippen molar-refractivity contribution < 1.29 is 4.74 Å². The van der Waals surface area contributed by atoms with Crippen molar-refractivity contribution in [3.05, 3.63) is 64.3 Å². The summed E-state index contributed by atoms with van der Waals surface area (Å²) in [6, 6.07) is 16.8. The lowest BCUT2D eigenvalue weighted by atomic mass is 10.2. The lowest BCUT2D eigenvalue weighted by Crippen LogP contribution is -2.18. The highest BCUT2D eigenvalue weighted by Crippen LogP contribution is 2.24. The summed E-state index contributed by atoms with van der Waals surface area (Å²) in [6.07, 6.45) is 2.66. The summed E-state index contributed by atoms with van der Waals surface area (Å²) >= 11 is 3.45. The Morgan fingerprint density at radius 3 is 2.58 bits per heavy atom. The van der Waals surface area contributed by atoms with Crippen LogP contribution in [-0.2, 0) is 13.2 Å². The standard InChI is InChI=1S/C20H21BrN2O/c21-17-5-3-15(4-6-17)14-24-19-7-8-20-16(12-19)11-18(22-20)13-23-9-1-2-10-23/h3-8,11-12,22H,1-2,9-10,13-14H2.